The van der Waals surface area contributed by atoms with Crippen molar-refractivity contribution in [1.82, 2.24) is 19.3 Å². The number of anilines is 1. The predicted octanol–water partition coefficient (Wildman–Crippen LogP) is 4.51. The van der Waals surface area contributed by atoms with Gasteiger partial charge in [-0.25, -0.2) is 9.78 Å². The molecule has 0 fully saturated rings. The molecule has 3 heterocycles. The highest BCUT2D eigenvalue weighted by Gasteiger charge is 2.23. The molecule has 0 saturated carbocycles. The van der Waals surface area contributed by atoms with Gasteiger partial charge in [-0.3, -0.25) is 0 Å². The number of carbonyl (C=O) groups is 1. The molecule has 0 saturated heterocycles. The van der Waals surface area contributed by atoms with Crippen molar-refractivity contribution < 1.29 is 9.53 Å². The minimum atomic E-state index is -0.594. The second-order valence-corrected chi connectivity index (χ2v) is 7.72. The first-order valence-corrected chi connectivity index (χ1v) is 9.18. The number of aromatic nitrogens is 4. The van der Waals surface area contributed by atoms with E-state index in [-0.39, 0.29) is 0 Å². The maximum atomic E-state index is 12.5. The second kappa shape index (κ2) is 6.75. The fourth-order valence-electron chi connectivity index (χ4n) is 2.76. The molecule has 0 aliphatic carbocycles. The van der Waals surface area contributed by atoms with E-state index < -0.39 is 11.7 Å². The fourth-order valence-corrected chi connectivity index (χ4v) is 3.09. The average molecular weight is 420 g/mol. The van der Waals surface area contributed by atoms with E-state index in [1.807, 2.05) is 45.3 Å². The SMILES string of the molecule is CCn1cc(-c2cc(NC)n(C(=O)OC(C)(C)C)n2)c2cc(Br)ncc21. The van der Waals surface area contributed by atoms with Crippen LogP contribution in [0.1, 0.15) is 27.7 Å². The van der Waals surface area contributed by atoms with Gasteiger partial charge in [-0.05, 0) is 49.7 Å². The van der Waals surface area contributed by atoms with E-state index in [2.05, 4.69) is 42.8 Å². The number of rotatable bonds is 3. The van der Waals surface area contributed by atoms with Crippen molar-refractivity contribution in [3.63, 3.8) is 0 Å². The number of nitrogens with zero attached hydrogens (tertiary/aromatic N) is 4. The minimum Gasteiger partial charge on any atom is -0.442 e. The van der Waals surface area contributed by atoms with Gasteiger partial charge in [0, 0.05) is 36.8 Å². The van der Waals surface area contributed by atoms with E-state index in [1.165, 1.54) is 4.68 Å². The van der Waals surface area contributed by atoms with Crippen LogP contribution in [0.5, 0.6) is 0 Å². The molecule has 0 amide bonds. The lowest BCUT2D eigenvalue weighted by atomic mass is 10.1. The summed E-state index contributed by atoms with van der Waals surface area (Å²) < 4.78 is 9.56. The third-order valence-electron chi connectivity index (χ3n) is 3.88. The smallest absolute Gasteiger partial charge is 0.437 e. The molecule has 1 N–H and O–H groups in total. The van der Waals surface area contributed by atoms with Gasteiger partial charge < -0.3 is 14.6 Å². The Hall–Kier alpha value is -2.35. The molecule has 26 heavy (non-hydrogen) atoms. The number of hydrogen-bond donors (Lipinski definition) is 1. The molecule has 0 aliphatic rings. The molecule has 138 valence electrons. The maximum absolute atomic E-state index is 12.5. The molecule has 0 atom stereocenters. The zero-order chi connectivity index (χ0) is 19.1. The van der Waals surface area contributed by atoms with Crippen molar-refractivity contribution in [2.45, 2.75) is 39.8 Å². The number of fused-ring (bicyclic) bond motifs is 1. The summed E-state index contributed by atoms with van der Waals surface area (Å²) in [6.45, 7) is 8.37. The van der Waals surface area contributed by atoms with Gasteiger partial charge in [-0.2, -0.15) is 5.10 Å². The van der Waals surface area contributed by atoms with Crippen LogP contribution in [-0.2, 0) is 11.3 Å². The minimum absolute atomic E-state index is 0.518. The number of halogens is 1. The standard InChI is InChI=1S/C18H22BrN5O2/c1-6-23-10-12(11-7-15(19)21-9-14(11)23)13-8-16(20-5)24(22-13)17(25)26-18(2,3)4/h7-10,20H,6H2,1-5H3. The Morgan fingerprint density at radius 1 is 1.35 bits per heavy atom. The Morgan fingerprint density at radius 3 is 2.69 bits per heavy atom. The predicted molar refractivity (Wildman–Crippen MR) is 106 cm³/mol. The number of ether oxygens (including phenoxy) is 1. The lowest BCUT2D eigenvalue weighted by molar-refractivity contribution is 0.0519. The molecule has 0 aliphatic heterocycles. The third kappa shape index (κ3) is 3.46. The summed E-state index contributed by atoms with van der Waals surface area (Å²) in [5.41, 5.74) is 2.05. The van der Waals surface area contributed by atoms with Crippen LogP contribution in [0.4, 0.5) is 10.6 Å². The summed E-state index contributed by atoms with van der Waals surface area (Å²) in [6, 6.07) is 3.80. The van der Waals surface area contributed by atoms with E-state index in [0.29, 0.717) is 11.5 Å². The highest BCUT2D eigenvalue weighted by molar-refractivity contribution is 9.10. The summed E-state index contributed by atoms with van der Waals surface area (Å²) >= 11 is 3.43. The van der Waals surface area contributed by atoms with E-state index >= 15 is 0 Å². The first-order chi connectivity index (χ1) is 12.2. The van der Waals surface area contributed by atoms with Crippen molar-refractivity contribution >= 4 is 38.7 Å². The molecular weight excluding hydrogens is 398 g/mol. The topological polar surface area (TPSA) is 74.0 Å². The van der Waals surface area contributed by atoms with Gasteiger partial charge in [0.2, 0.25) is 0 Å². The fraction of sp³-hybridized carbons (Fsp3) is 0.389. The second-order valence-electron chi connectivity index (χ2n) is 6.91. The average Bonchev–Trinajstić information content (AvgIpc) is 3.13. The van der Waals surface area contributed by atoms with E-state index in [1.54, 1.807) is 7.05 Å². The van der Waals surface area contributed by atoms with Gasteiger partial charge >= 0.3 is 6.09 Å². The molecule has 0 bridgehead atoms. The Balaban J connectivity index is 2.12. The van der Waals surface area contributed by atoms with Gasteiger partial charge in [-0.1, -0.05) is 0 Å². The molecule has 0 spiro atoms. The van der Waals surface area contributed by atoms with Crippen LogP contribution in [0.3, 0.4) is 0 Å². The van der Waals surface area contributed by atoms with Gasteiger partial charge in [0.1, 0.15) is 16.0 Å². The van der Waals surface area contributed by atoms with Crippen LogP contribution in [0.15, 0.2) is 29.1 Å². The molecule has 3 aromatic rings. The van der Waals surface area contributed by atoms with Crippen molar-refractivity contribution in [2.24, 2.45) is 0 Å². The van der Waals surface area contributed by atoms with Gasteiger partial charge in [0.05, 0.1) is 17.4 Å². The Kier molecular flexibility index (Phi) is 4.79. The third-order valence-corrected chi connectivity index (χ3v) is 4.32. The number of nitrogens with one attached hydrogen (secondary N) is 1. The summed E-state index contributed by atoms with van der Waals surface area (Å²) in [4.78, 5) is 16.8. The Morgan fingerprint density at radius 2 is 2.08 bits per heavy atom. The molecule has 3 rings (SSSR count). The van der Waals surface area contributed by atoms with Crippen LogP contribution in [0.2, 0.25) is 0 Å². The van der Waals surface area contributed by atoms with Gasteiger partial charge in [0.15, 0.2) is 0 Å². The van der Waals surface area contributed by atoms with Crippen molar-refractivity contribution in [3.05, 3.63) is 29.1 Å². The van der Waals surface area contributed by atoms with Crippen LogP contribution in [0.25, 0.3) is 22.2 Å². The summed E-state index contributed by atoms with van der Waals surface area (Å²) in [7, 11) is 1.75. The molecule has 3 aromatic heterocycles. The molecule has 7 nitrogen and oxygen atoms in total. The van der Waals surface area contributed by atoms with E-state index in [4.69, 9.17) is 4.74 Å². The first kappa shape index (κ1) is 18.4. The Bertz CT molecular complexity index is 968. The van der Waals surface area contributed by atoms with Crippen molar-refractivity contribution in [2.75, 3.05) is 12.4 Å². The molecule has 8 heteroatoms. The van der Waals surface area contributed by atoms with E-state index in [0.717, 1.165) is 27.6 Å². The number of carbonyl (C=O) groups excluding carboxylic acids is 1. The van der Waals surface area contributed by atoms with Gasteiger partial charge in [0.25, 0.3) is 0 Å². The zero-order valence-corrected chi connectivity index (χ0v) is 17.1. The summed E-state index contributed by atoms with van der Waals surface area (Å²) in [5.74, 6) is 0.569. The quantitative estimate of drug-likeness (QED) is 0.632. The highest BCUT2D eigenvalue weighted by Crippen LogP contribution is 2.32. The highest BCUT2D eigenvalue weighted by atomic mass is 79.9. The van der Waals surface area contributed by atoms with Crippen LogP contribution >= 0.6 is 15.9 Å². The molecular formula is C18H22BrN5O2. The van der Waals surface area contributed by atoms with E-state index in [9.17, 15) is 4.79 Å². The number of aryl methyl sites for hydroxylation is 1. The largest absolute Gasteiger partial charge is 0.442 e. The molecule has 0 aromatic carbocycles. The maximum Gasteiger partial charge on any atom is 0.437 e. The van der Waals surface area contributed by atoms with Crippen molar-refractivity contribution in [1.29, 1.82) is 0 Å². The first-order valence-electron chi connectivity index (χ1n) is 8.39. The van der Waals surface area contributed by atoms with Crippen molar-refractivity contribution in [3.8, 4) is 11.3 Å². The lowest BCUT2D eigenvalue weighted by Gasteiger charge is -2.19. The summed E-state index contributed by atoms with van der Waals surface area (Å²) in [5, 5.41) is 8.52. The number of hydrogen-bond acceptors (Lipinski definition) is 5. The van der Waals surface area contributed by atoms with Crippen LogP contribution in [0, 0.1) is 0 Å². The zero-order valence-electron chi connectivity index (χ0n) is 15.5. The molecule has 0 unspecified atom stereocenters. The number of pyridine rings is 1. The normalized spacial score (nSPS) is 11.8. The molecule has 0 radical (unpaired) electrons. The van der Waals surface area contributed by atoms with Crippen LogP contribution < -0.4 is 5.32 Å². The van der Waals surface area contributed by atoms with Gasteiger partial charge in [-0.15, -0.1) is 4.68 Å². The van der Waals surface area contributed by atoms with Crippen LogP contribution in [-0.4, -0.2) is 38.1 Å². The lowest BCUT2D eigenvalue weighted by Crippen LogP contribution is -2.28. The summed E-state index contributed by atoms with van der Waals surface area (Å²) in [6.07, 6.45) is 3.34. The monoisotopic (exact) mass is 419 g/mol. The Labute approximate surface area is 160 Å².